The average Bonchev–Trinajstić information content (AvgIpc) is 2.48. The van der Waals surface area contributed by atoms with Gasteiger partial charge in [-0.05, 0) is 52.5 Å². The number of rotatable bonds is 3. The van der Waals surface area contributed by atoms with Crippen molar-refractivity contribution in [1.82, 2.24) is 5.32 Å². The van der Waals surface area contributed by atoms with E-state index in [1.165, 1.54) is 21.3 Å². The number of nitrogens with one attached hydrogen (secondary N) is 1. The molecule has 0 saturated carbocycles. The number of benzene rings is 2. The maximum absolute atomic E-state index is 3.71. The molecule has 0 aromatic heterocycles. The predicted octanol–water partition coefficient (Wildman–Crippen LogP) is 3.78. The maximum Gasteiger partial charge on any atom is 0.0511 e. The molecule has 3 heteroatoms. The number of piperazine rings is 1. The molecule has 0 spiro atoms. The zero-order valence-electron chi connectivity index (χ0n) is 12.3. The summed E-state index contributed by atoms with van der Waals surface area (Å²) in [5, 5.41) is 3.64. The van der Waals surface area contributed by atoms with Crippen LogP contribution >= 0.6 is 15.9 Å². The Bertz CT molecular complexity index is 597. The number of hydrogen-bond donors (Lipinski definition) is 1. The Hall–Kier alpha value is -1.32. The first-order chi connectivity index (χ1) is 10.2. The Balaban J connectivity index is 1.71. The quantitative estimate of drug-likeness (QED) is 0.911. The smallest absolute Gasteiger partial charge is 0.0511 e. The van der Waals surface area contributed by atoms with Crippen LogP contribution < -0.4 is 10.2 Å². The minimum Gasteiger partial charge on any atom is -0.368 e. The Morgan fingerprint density at radius 3 is 2.76 bits per heavy atom. The Morgan fingerprint density at radius 1 is 1.19 bits per heavy atom. The highest BCUT2D eigenvalue weighted by molar-refractivity contribution is 9.10. The molecule has 3 rings (SSSR count). The van der Waals surface area contributed by atoms with Gasteiger partial charge in [0.2, 0.25) is 0 Å². The minimum absolute atomic E-state index is 0.509. The summed E-state index contributed by atoms with van der Waals surface area (Å²) in [4.78, 5) is 2.48. The van der Waals surface area contributed by atoms with Crippen molar-refractivity contribution in [3.63, 3.8) is 0 Å². The van der Waals surface area contributed by atoms with Gasteiger partial charge in [-0.25, -0.2) is 0 Å². The van der Waals surface area contributed by atoms with Gasteiger partial charge in [-0.2, -0.15) is 0 Å². The Kier molecular flexibility index (Phi) is 4.61. The van der Waals surface area contributed by atoms with Gasteiger partial charge in [-0.1, -0.05) is 36.4 Å². The lowest BCUT2D eigenvalue weighted by Gasteiger charge is -2.36. The molecule has 0 radical (unpaired) electrons. The van der Waals surface area contributed by atoms with E-state index in [1.54, 1.807) is 0 Å². The second-order valence-electron chi connectivity index (χ2n) is 5.74. The molecule has 2 nitrogen and oxygen atoms in total. The molecular formula is C18H21BrN2. The fourth-order valence-corrected chi connectivity index (χ4v) is 3.69. The molecule has 0 amide bonds. The standard InChI is InChI=1S/C18H21BrN2/c1-14-7-8-18(17(19)11-14)21-10-9-20-16(13-21)12-15-5-3-2-4-6-15/h2-8,11,16,20H,9-10,12-13H2,1H3. The summed E-state index contributed by atoms with van der Waals surface area (Å²) in [7, 11) is 0. The van der Waals surface area contributed by atoms with Crippen molar-refractivity contribution in [1.29, 1.82) is 0 Å². The van der Waals surface area contributed by atoms with Gasteiger partial charge in [0.1, 0.15) is 0 Å². The van der Waals surface area contributed by atoms with E-state index in [2.05, 4.69) is 81.6 Å². The number of anilines is 1. The van der Waals surface area contributed by atoms with E-state index in [1.807, 2.05) is 0 Å². The van der Waals surface area contributed by atoms with Gasteiger partial charge in [-0.15, -0.1) is 0 Å². The van der Waals surface area contributed by atoms with E-state index in [4.69, 9.17) is 0 Å². The van der Waals surface area contributed by atoms with Crippen molar-refractivity contribution >= 4 is 21.6 Å². The van der Waals surface area contributed by atoms with Gasteiger partial charge < -0.3 is 10.2 Å². The average molecular weight is 345 g/mol. The third-order valence-corrected chi connectivity index (χ3v) is 4.66. The normalized spacial score (nSPS) is 18.8. The minimum atomic E-state index is 0.509. The summed E-state index contributed by atoms with van der Waals surface area (Å²) in [6.07, 6.45) is 1.08. The van der Waals surface area contributed by atoms with E-state index < -0.39 is 0 Å². The van der Waals surface area contributed by atoms with Crippen molar-refractivity contribution in [2.24, 2.45) is 0 Å². The number of hydrogen-bond acceptors (Lipinski definition) is 2. The molecule has 1 aliphatic rings. The van der Waals surface area contributed by atoms with Crippen LogP contribution in [0.25, 0.3) is 0 Å². The molecule has 21 heavy (non-hydrogen) atoms. The van der Waals surface area contributed by atoms with Crippen LogP contribution in [0, 0.1) is 6.92 Å². The lowest BCUT2D eigenvalue weighted by Crippen LogP contribution is -2.51. The zero-order valence-corrected chi connectivity index (χ0v) is 13.9. The highest BCUT2D eigenvalue weighted by Gasteiger charge is 2.21. The molecule has 1 atom stereocenters. The summed E-state index contributed by atoms with van der Waals surface area (Å²) in [6, 6.07) is 17.9. The van der Waals surface area contributed by atoms with Crippen molar-refractivity contribution in [3.05, 3.63) is 64.1 Å². The molecule has 0 aliphatic carbocycles. The number of nitrogens with zero attached hydrogens (tertiary/aromatic N) is 1. The first-order valence-electron chi connectivity index (χ1n) is 7.51. The van der Waals surface area contributed by atoms with Crippen LogP contribution in [0.2, 0.25) is 0 Å². The van der Waals surface area contributed by atoms with Gasteiger partial charge in [-0.3, -0.25) is 0 Å². The molecule has 2 aromatic carbocycles. The molecular weight excluding hydrogens is 324 g/mol. The van der Waals surface area contributed by atoms with Crippen LogP contribution in [-0.2, 0) is 6.42 Å². The molecule has 1 aliphatic heterocycles. The van der Waals surface area contributed by atoms with Gasteiger partial charge in [0, 0.05) is 30.1 Å². The SMILES string of the molecule is Cc1ccc(N2CCNC(Cc3ccccc3)C2)c(Br)c1. The Morgan fingerprint density at radius 2 is 2.00 bits per heavy atom. The second-order valence-corrected chi connectivity index (χ2v) is 6.60. The third-order valence-electron chi connectivity index (χ3n) is 4.02. The molecule has 1 fully saturated rings. The van der Waals surface area contributed by atoms with Gasteiger partial charge >= 0.3 is 0 Å². The highest BCUT2D eigenvalue weighted by Crippen LogP contribution is 2.28. The lowest BCUT2D eigenvalue weighted by atomic mass is 10.0. The van der Waals surface area contributed by atoms with Crippen LogP contribution in [0.3, 0.4) is 0 Å². The molecule has 1 heterocycles. The van der Waals surface area contributed by atoms with E-state index in [-0.39, 0.29) is 0 Å². The molecule has 0 bridgehead atoms. The summed E-state index contributed by atoms with van der Waals surface area (Å²) < 4.78 is 1.20. The highest BCUT2D eigenvalue weighted by atomic mass is 79.9. The van der Waals surface area contributed by atoms with Crippen LogP contribution in [0.4, 0.5) is 5.69 Å². The lowest BCUT2D eigenvalue weighted by molar-refractivity contribution is 0.454. The molecule has 1 N–H and O–H groups in total. The topological polar surface area (TPSA) is 15.3 Å². The summed E-state index contributed by atoms with van der Waals surface area (Å²) in [6.45, 7) is 5.28. The molecule has 2 aromatic rings. The van der Waals surface area contributed by atoms with Crippen molar-refractivity contribution in [2.75, 3.05) is 24.5 Å². The third kappa shape index (κ3) is 3.66. The van der Waals surface area contributed by atoms with Crippen molar-refractivity contribution in [3.8, 4) is 0 Å². The van der Waals surface area contributed by atoms with Crippen LogP contribution in [0.15, 0.2) is 53.0 Å². The number of halogens is 1. The van der Waals surface area contributed by atoms with Gasteiger partial charge in [0.25, 0.3) is 0 Å². The molecule has 1 saturated heterocycles. The monoisotopic (exact) mass is 344 g/mol. The first-order valence-corrected chi connectivity index (χ1v) is 8.30. The maximum atomic E-state index is 3.71. The molecule has 1 unspecified atom stereocenters. The van der Waals surface area contributed by atoms with E-state index in [0.717, 1.165) is 26.1 Å². The van der Waals surface area contributed by atoms with Crippen molar-refractivity contribution < 1.29 is 0 Å². The summed E-state index contributed by atoms with van der Waals surface area (Å²) >= 11 is 3.71. The van der Waals surface area contributed by atoms with E-state index >= 15 is 0 Å². The van der Waals surface area contributed by atoms with Crippen LogP contribution in [0.5, 0.6) is 0 Å². The fourth-order valence-electron chi connectivity index (χ4n) is 2.95. The zero-order chi connectivity index (χ0) is 14.7. The van der Waals surface area contributed by atoms with Crippen molar-refractivity contribution in [2.45, 2.75) is 19.4 Å². The summed E-state index contributed by atoms with van der Waals surface area (Å²) in [5.41, 5.74) is 4.00. The fraction of sp³-hybridized carbons (Fsp3) is 0.333. The second kappa shape index (κ2) is 6.63. The van der Waals surface area contributed by atoms with Crippen LogP contribution in [0.1, 0.15) is 11.1 Å². The van der Waals surface area contributed by atoms with Gasteiger partial charge in [0.05, 0.1) is 5.69 Å². The first kappa shape index (κ1) is 14.6. The largest absolute Gasteiger partial charge is 0.368 e. The number of aryl methyl sites for hydroxylation is 1. The Labute approximate surface area is 135 Å². The van der Waals surface area contributed by atoms with Gasteiger partial charge in [0.15, 0.2) is 0 Å². The van der Waals surface area contributed by atoms with E-state index in [9.17, 15) is 0 Å². The van der Waals surface area contributed by atoms with E-state index in [0.29, 0.717) is 6.04 Å². The summed E-state index contributed by atoms with van der Waals surface area (Å²) in [5.74, 6) is 0. The predicted molar refractivity (Wildman–Crippen MR) is 93.0 cm³/mol. The molecule has 110 valence electrons. The van der Waals surface area contributed by atoms with Crippen LogP contribution in [-0.4, -0.2) is 25.7 Å².